The van der Waals surface area contributed by atoms with Gasteiger partial charge in [-0.3, -0.25) is 0 Å². The number of nitrogens with one attached hydrogen (secondary N) is 1. The van der Waals surface area contributed by atoms with Gasteiger partial charge in [0.15, 0.2) is 0 Å². The molecule has 84 valence electrons. The van der Waals surface area contributed by atoms with Gasteiger partial charge in [0.25, 0.3) is 0 Å². The molecule has 0 amide bonds. The standard InChI is InChI=1S/C12H19NOS/c1-10(8-14)9-15-12-6-4-3-5-11(12)7-13-2/h3-6,10,13-14H,7-9H2,1-2H3. The van der Waals surface area contributed by atoms with Crippen molar-refractivity contribution >= 4 is 11.8 Å². The molecule has 0 aliphatic heterocycles. The molecule has 1 rings (SSSR count). The smallest absolute Gasteiger partial charge is 0.0464 e. The molecule has 0 fully saturated rings. The van der Waals surface area contributed by atoms with E-state index < -0.39 is 0 Å². The summed E-state index contributed by atoms with van der Waals surface area (Å²) in [5, 5.41) is 12.1. The van der Waals surface area contributed by atoms with Crippen LogP contribution in [0.1, 0.15) is 12.5 Å². The first-order valence-electron chi connectivity index (χ1n) is 5.24. The molecule has 0 aromatic heterocycles. The maximum absolute atomic E-state index is 8.96. The molecular weight excluding hydrogens is 206 g/mol. The van der Waals surface area contributed by atoms with Crippen LogP contribution in [0.15, 0.2) is 29.2 Å². The number of aliphatic hydroxyl groups excluding tert-OH is 1. The van der Waals surface area contributed by atoms with Crippen LogP contribution in [0, 0.1) is 5.92 Å². The third kappa shape index (κ3) is 4.24. The number of thioether (sulfide) groups is 1. The molecule has 0 saturated heterocycles. The predicted molar refractivity (Wildman–Crippen MR) is 66.2 cm³/mol. The van der Waals surface area contributed by atoms with E-state index in [9.17, 15) is 0 Å². The maximum atomic E-state index is 8.96. The molecule has 2 N–H and O–H groups in total. The summed E-state index contributed by atoms with van der Waals surface area (Å²) in [6.45, 7) is 3.23. The van der Waals surface area contributed by atoms with Gasteiger partial charge < -0.3 is 10.4 Å². The van der Waals surface area contributed by atoms with Crippen LogP contribution in [0.4, 0.5) is 0 Å². The molecule has 1 aromatic carbocycles. The molecule has 0 spiro atoms. The SMILES string of the molecule is CNCc1ccccc1SCC(C)CO. The zero-order valence-corrected chi connectivity index (χ0v) is 10.2. The summed E-state index contributed by atoms with van der Waals surface area (Å²) in [6, 6.07) is 8.40. The molecule has 0 aliphatic carbocycles. The highest BCUT2D eigenvalue weighted by atomic mass is 32.2. The van der Waals surface area contributed by atoms with Crippen LogP contribution in [-0.2, 0) is 6.54 Å². The average Bonchev–Trinajstić information content (AvgIpc) is 2.28. The minimum Gasteiger partial charge on any atom is -0.396 e. The molecule has 1 unspecified atom stereocenters. The lowest BCUT2D eigenvalue weighted by Gasteiger charge is -2.11. The van der Waals surface area contributed by atoms with E-state index in [2.05, 4.69) is 36.5 Å². The van der Waals surface area contributed by atoms with Crippen molar-refractivity contribution in [3.05, 3.63) is 29.8 Å². The van der Waals surface area contributed by atoms with Crippen molar-refractivity contribution in [3.8, 4) is 0 Å². The fourth-order valence-corrected chi connectivity index (χ4v) is 2.34. The van der Waals surface area contributed by atoms with E-state index in [-0.39, 0.29) is 6.61 Å². The van der Waals surface area contributed by atoms with E-state index in [0.29, 0.717) is 5.92 Å². The summed E-state index contributed by atoms with van der Waals surface area (Å²) < 4.78 is 0. The second-order valence-corrected chi connectivity index (χ2v) is 4.80. The Morgan fingerprint density at radius 2 is 2.13 bits per heavy atom. The third-order valence-electron chi connectivity index (χ3n) is 2.17. The summed E-state index contributed by atoms with van der Waals surface area (Å²) >= 11 is 1.82. The molecule has 0 aliphatic rings. The van der Waals surface area contributed by atoms with Crippen molar-refractivity contribution in [2.45, 2.75) is 18.4 Å². The Kier molecular flexibility index (Phi) is 5.76. The van der Waals surface area contributed by atoms with Gasteiger partial charge in [-0.05, 0) is 24.6 Å². The van der Waals surface area contributed by atoms with E-state index >= 15 is 0 Å². The summed E-state index contributed by atoms with van der Waals surface area (Å²) in [5.74, 6) is 1.33. The van der Waals surface area contributed by atoms with Gasteiger partial charge in [-0.2, -0.15) is 0 Å². The summed E-state index contributed by atoms with van der Waals surface area (Å²) in [5.41, 5.74) is 1.33. The molecule has 3 heteroatoms. The minimum atomic E-state index is 0.265. The van der Waals surface area contributed by atoms with E-state index in [4.69, 9.17) is 5.11 Å². The number of hydrogen-bond acceptors (Lipinski definition) is 3. The lowest BCUT2D eigenvalue weighted by atomic mass is 10.2. The minimum absolute atomic E-state index is 0.265. The van der Waals surface area contributed by atoms with Crippen LogP contribution in [0.2, 0.25) is 0 Å². The largest absolute Gasteiger partial charge is 0.396 e. The zero-order chi connectivity index (χ0) is 11.1. The highest BCUT2D eigenvalue weighted by Crippen LogP contribution is 2.24. The quantitative estimate of drug-likeness (QED) is 0.727. The van der Waals surface area contributed by atoms with Crippen molar-refractivity contribution in [1.82, 2.24) is 5.32 Å². The first-order valence-corrected chi connectivity index (χ1v) is 6.22. The molecule has 0 heterocycles. The predicted octanol–water partition coefficient (Wildman–Crippen LogP) is 2.13. The number of aliphatic hydroxyl groups is 1. The summed E-state index contributed by atoms with van der Waals surface area (Å²) in [6.07, 6.45) is 0. The van der Waals surface area contributed by atoms with Crippen molar-refractivity contribution in [3.63, 3.8) is 0 Å². The number of benzene rings is 1. The van der Waals surface area contributed by atoms with E-state index in [0.717, 1.165) is 12.3 Å². The number of rotatable bonds is 6. The van der Waals surface area contributed by atoms with Crippen LogP contribution in [0.25, 0.3) is 0 Å². The summed E-state index contributed by atoms with van der Waals surface area (Å²) in [4.78, 5) is 1.31. The van der Waals surface area contributed by atoms with Gasteiger partial charge in [-0.25, -0.2) is 0 Å². The fraction of sp³-hybridized carbons (Fsp3) is 0.500. The monoisotopic (exact) mass is 225 g/mol. The van der Waals surface area contributed by atoms with Crippen LogP contribution < -0.4 is 5.32 Å². The fourth-order valence-electron chi connectivity index (χ4n) is 1.27. The second-order valence-electron chi connectivity index (χ2n) is 3.74. The zero-order valence-electron chi connectivity index (χ0n) is 9.36. The molecule has 1 atom stereocenters. The lowest BCUT2D eigenvalue weighted by molar-refractivity contribution is 0.250. The van der Waals surface area contributed by atoms with Gasteiger partial charge in [-0.1, -0.05) is 25.1 Å². The van der Waals surface area contributed by atoms with E-state index in [1.54, 1.807) is 0 Å². The van der Waals surface area contributed by atoms with Crippen molar-refractivity contribution < 1.29 is 5.11 Å². The van der Waals surface area contributed by atoms with Crippen molar-refractivity contribution in [2.75, 3.05) is 19.4 Å². The van der Waals surface area contributed by atoms with Crippen LogP contribution >= 0.6 is 11.8 Å². The Morgan fingerprint density at radius 1 is 1.40 bits per heavy atom. The van der Waals surface area contributed by atoms with Gasteiger partial charge in [0.1, 0.15) is 0 Å². The Balaban J connectivity index is 2.58. The Labute approximate surface area is 96.1 Å². The normalized spacial score (nSPS) is 12.7. The van der Waals surface area contributed by atoms with Gasteiger partial charge in [0.05, 0.1) is 0 Å². The van der Waals surface area contributed by atoms with Crippen molar-refractivity contribution in [2.24, 2.45) is 5.92 Å². The molecule has 1 aromatic rings. The maximum Gasteiger partial charge on any atom is 0.0464 e. The van der Waals surface area contributed by atoms with Crippen LogP contribution in [-0.4, -0.2) is 24.5 Å². The van der Waals surface area contributed by atoms with Gasteiger partial charge in [0.2, 0.25) is 0 Å². The topological polar surface area (TPSA) is 32.3 Å². The van der Waals surface area contributed by atoms with E-state index in [1.807, 2.05) is 18.8 Å². The first kappa shape index (κ1) is 12.6. The summed E-state index contributed by atoms with van der Waals surface area (Å²) in [7, 11) is 1.96. The average molecular weight is 225 g/mol. The molecular formula is C12H19NOS. The molecule has 0 saturated carbocycles. The van der Waals surface area contributed by atoms with Crippen LogP contribution in [0.5, 0.6) is 0 Å². The van der Waals surface area contributed by atoms with Crippen LogP contribution in [0.3, 0.4) is 0 Å². The number of hydrogen-bond donors (Lipinski definition) is 2. The highest BCUT2D eigenvalue weighted by molar-refractivity contribution is 7.99. The Hall–Kier alpha value is -0.510. The molecule has 0 radical (unpaired) electrons. The second kappa shape index (κ2) is 6.88. The first-order chi connectivity index (χ1) is 7.27. The molecule has 2 nitrogen and oxygen atoms in total. The Morgan fingerprint density at radius 3 is 2.80 bits per heavy atom. The van der Waals surface area contributed by atoms with Gasteiger partial charge >= 0.3 is 0 Å². The van der Waals surface area contributed by atoms with Gasteiger partial charge in [-0.15, -0.1) is 11.8 Å². The lowest BCUT2D eigenvalue weighted by Crippen LogP contribution is -2.07. The molecule has 0 bridgehead atoms. The molecule has 15 heavy (non-hydrogen) atoms. The van der Waals surface area contributed by atoms with Crippen molar-refractivity contribution in [1.29, 1.82) is 0 Å². The third-order valence-corrected chi connectivity index (χ3v) is 3.62. The van der Waals surface area contributed by atoms with E-state index in [1.165, 1.54) is 10.5 Å². The highest BCUT2D eigenvalue weighted by Gasteiger charge is 2.04. The van der Waals surface area contributed by atoms with Gasteiger partial charge in [0, 0.05) is 23.8 Å². The Bertz CT molecular complexity index is 291.